The van der Waals surface area contributed by atoms with Gasteiger partial charge in [0.1, 0.15) is 0 Å². The zero-order valence-electron chi connectivity index (χ0n) is 16.4. The summed E-state index contributed by atoms with van der Waals surface area (Å²) in [4.78, 5) is 28.3. The number of hydrogen-bond donors (Lipinski definition) is 0. The number of ether oxygens (including phenoxy) is 1. The number of hydrogen-bond acceptors (Lipinski definition) is 5. The second kappa shape index (κ2) is 9.42. The molecule has 2 saturated heterocycles. The van der Waals surface area contributed by atoms with E-state index in [0.29, 0.717) is 37.8 Å². The van der Waals surface area contributed by atoms with Crippen LogP contribution in [0.15, 0.2) is 29.2 Å². The number of carbonyl (C=O) groups is 2. The molecule has 1 aromatic carbocycles. The zero-order chi connectivity index (χ0) is 21.0. The predicted molar refractivity (Wildman–Crippen MR) is 108 cm³/mol. The van der Waals surface area contributed by atoms with Gasteiger partial charge in [-0.05, 0) is 31.2 Å². The van der Waals surface area contributed by atoms with Crippen LogP contribution < -0.4 is 0 Å². The number of morpholine rings is 1. The standard InChI is InChI=1S/C19H26ClN3O5S/c1-15-14-22(12-13-28-15)19(25)7-6-18(24)21-8-10-23(11-9-21)29(26,27)17-4-2-16(20)3-5-17/h2-5,15H,6-14H2,1H3/t15-/m0/s1. The highest BCUT2D eigenvalue weighted by molar-refractivity contribution is 7.89. The molecule has 2 aliphatic rings. The predicted octanol–water partition coefficient (Wildman–Crippen LogP) is 1.20. The van der Waals surface area contributed by atoms with Crippen LogP contribution >= 0.6 is 11.6 Å². The van der Waals surface area contributed by atoms with Crippen LogP contribution in [0.5, 0.6) is 0 Å². The lowest BCUT2D eigenvalue weighted by molar-refractivity contribution is -0.141. The molecule has 0 spiro atoms. The number of carbonyl (C=O) groups excluding carboxylic acids is 2. The van der Waals surface area contributed by atoms with Gasteiger partial charge < -0.3 is 14.5 Å². The first-order chi connectivity index (χ1) is 13.8. The molecule has 0 bridgehead atoms. The molecule has 0 radical (unpaired) electrons. The molecule has 0 saturated carbocycles. The molecule has 1 aromatic rings. The fourth-order valence-corrected chi connectivity index (χ4v) is 5.06. The van der Waals surface area contributed by atoms with E-state index in [2.05, 4.69) is 0 Å². The van der Waals surface area contributed by atoms with Crippen LogP contribution in [-0.4, -0.2) is 86.3 Å². The Morgan fingerprint density at radius 1 is 1.00 bits per heavy atom. The van der Waals surface area contributed by atoms with Crippen molar-refractivity contribution in [1.29, 1.82) is 0 Å². The van der Waals surface area contributed by atoms with E-state index in [1.54, 1.807) is 21.9 Å². The maximum atomic E-state index is 12.7. The average Bonchev–Trinajstić information content (AvgIpc) is 2.72. The SMILES string of the molecule is C[C@H]1CN(C(=O)CCC(=O)N2CCN(S(=O)(=O)c3ccc(Cl)cc3)CC2)CCO1. The molecule has 0 aromatic heterocycles. The van der Waals surface area contributed by atoms with Gasteiger partial charge in [0.15, 0.2) is 0 Å². The van der Waals surface area contributed by atoms with E-state index in [9.17, 15) is 18.0 Å². The lowest BCUT2D eigenvalue weighted by atomic mass is 10.2. The van der Waals surface area contributed by atoms with Crippen molar-refractivity contribution in [3.05, 3.63) is 29.3 Å². The normalized spacial score (nSPS) is 21.2. The third-order valence-corrected chi connectivity index (χ3v) is 7.35. The van der Waals surface area contributed by atoms with Crippen molar-refractivity contribution >= 4 is 33.4 Å². The van der Waals surface area contributed by atoms with E-state index >= 15 is 0 Å². The van der Waals surface area contributed by atoms with Crippen LogP contribution in [0.4, 0.5) is 0 Å². The smallest absolute Gasteiger partial charge is 0.243 e. The van der Waals surface area contributed by atoms with Crippen LogP contribution in [0.2, 0.25) is 5.02 Å². The molecule has 2 fully saturated rings. The number of sulfonamides is 1. The van der Waals surface area contributed by atoms with Crippen molar-refractivity contribution in [2.24, 2.45) is 0 Å². The molecular weight excluding hydrogens is 418 g/mol. The van der Waals surface area contributed by atoms with Crippen molar-refractivity contribution in [1.82, 2.24) is 14.1 Å². The van der Waals surface area contributed by atoms with Crippen LogP contribution in [-0.2, 0) is 24.3 Å². The molecule has 160 valence electrons. The third kappa shape index (κ3) is 5.48. The molecule has 1 atom stereocenters. The van der Waals surface area contributed by atoms with Crippen molar-refractivity contribution in [3.63, 3.8) is 0 Å². The first-order valence-corrected chi connectivity index (χ1v) is 11.5. The highest BCUT2D eigenvalue weighted by Crippen LogP contribution is 2.20. The molecule has 3 rings (SSSR count). The van der Waals surface area contributed by atoms with Crippen molar-refractivity contribution in [2.45, 2.75) is 30.8 Å². The molecule has 0 unspecified atom stereocenters. The highest BCUT2D eigenvalue weighted by Gasteiger charge is 2.30. The van der Waals surface area contributed by atoms with Gasteiger partial charge in [-0.15, -0.1) is 0 Å². The summed E-state index contributed by atoms with van der Waals surface area (Å²) < 4.78 is 32.2. The lowest BCUT2D eigenvalue weighted by Gasteiger charge is -2.34. The highest BCUT2D eigenvalue weighted by atomic mass is 35.5. The monoisotopic (exact) mass is 443 g/mol. The van der Waals surface area contributed by atoms with Gasteiger partial charge in [-0.3, -0.25) is 9.59 Å². The topological polar surface area (TPSA) is 87.2 Å². The summed E-state index contributed by atoms with van der Waals surface area (Å²) in [5.41, 5.74) is 0. The molecule has 2 aliphatic heterocycles. The van der Waals surface area contributed by atoms with E-state index in [0.717, 1.165) is 0 Å². The molecule has 8 nitrogen and oxygen atoms in total. The summed E-state index contributed by atoms with van der Waals surface area (Å²) in [7, 11) is -3.61. The number of amides is 2. The lowest BCUT2D eigenvalue weighted by Crippen LogP contribution is -2.50. The van der Waals surface area contributed by atoms with Crippen molar-refractivity contribution in [3.8, 4) is 0 Å². The van der Waals surface area contributed by atoms with E-state index in [4.69, 9.17) is 16.3 Å². The Bertz CT molecular complexity index is 838. The van der Waals surface area contributed by atoms with E-state index in [-0.39, 0.29) is 48.7 Å². The Morgan fingerprint density at radius 3 is 2.17 bits per heavy atom. The molecule has 2 heterocycles. The second-order valence-corrected chi connectivity index (χ2v) is 9.63. The largest absolute Gasteiger partial charge is 0.375 e. The third-order valence-electron chi connectivity index (χ3n) is 5.19. The van der Waals surface area contributed by atoms with E-state index < -0.39 is 10.0 Å². The first-order valence-electron chi connectivity index (χ1n) is 9.70. The number of halogens is 1. The van der Waals surface area contributed by atoms with Gasteiger partial charge in [-0.25, -0.2) is 8.42 Å². The van der Waals surface area contributed by atoms with Gasteiger partial charge in [-0.2, -0.15) is 4.31 Å². The number of nitrogens with zero attached hydrogens (tertiary/aromatic N) is 3. The summed E-state index contributed by atoms with van der Waals surface area (Å²) in [6.45, 7) is 4.63. The van der Waals surface area contributed by atoms with E-state index in [1.165, 1.54) is 16.4 Å². The van der Waals surface area contributed by atoms with Crippen LogP contribution in [0.1, 0.15) is 19.8 Å². The van der Waals surface area contributed by atoms with Crippen LogP contribution in [0.25, 0.3) is 0 Å². The Morgan fingerprint density at radius 2 is 1.59 bits per heavy atom. The second-order valence-electron chi connectivity index (χ2n) is 7.26. The van der Waals surface area contributed by atoms with Gasteiger partial charge in [0.2, 0.25) is 21.8 Å². The Hall–Kier alpha value is -1.68. The van der Waals surface area contributed by atoms with E-state index in [1.807, 2.05) is 6.92 Å². The summed E-state index contributed by atoms with van der Waals surface area (Å²) in [6, 6.07) is 6.04. The van der Waals surface area contributed by atoms with Crippen LogP contribution in [0.3, 0.4) is 0 Å². The molecule has 0 aliphatic carbocycles. The fraction of sp³-hybridized carbons (Fsp3) is 0.579. The van der Waals surface area contributed by atoms with Gasteiger partial charge >= 0.3 is 0 Å². The molecule has 0 N–H and O–H groups in total. The maximum absolute atomic E-state index is 12.7. The minimum absolute atomic E-state index is 0.0130. The molecule has 29 heavy (non-hydrogen) atoms. The summed E-state index contributed by atoms with van der Waals surface area (Å²) >= 11 is 5.82. The number of piperazine rings is 1. The Balaban J connectivity index is 1.48. The Labute approximate surface area is 176 Å². The number of rotatable bonds is 5. The van der Waals surface area contributed by atoms with Crippen LogP contribution in [0, 0.1) is 0 Å². The molecule has 10 heteroatoms. The zero-order valence-corrected chi connectivity index (χ0v) is 18.0. The summed E-state index contributed by atoms with van der Waals surface area (Å²) in [6.07, 6.45) is 0.308. The van der Waals surface area contributed by atoms with Gasteiger partial charge in [0.05, 0.1) is 17.6 Å². The van der Waals surface area contributed by atoms with Gasteiger partial charge in [0.25, 0.3) is 0 Å². The maximum Gasteiger partial charge on any atom is 0.243 e. The summed E-state index contributed by atoms with van der Waals surface area (Å²) in [5, 5.41) is 0.473. The van der Waals surface area contributed by atoms with Gasteiger partial charge in [0, 0.05) is 57.1 Å². The average molecular weight is 444 g/mol. The van der Waals surface area contributed by atoms with Gasteiger partial charge in [-0.1, -0.05) is 11.6 Å². The minimum atomic E-state index is -3.61. The summed E-state index contributed by atoms with van der Waals surface area (Å²) in [5.74, 6) is -0.166. The quantitative estimate of drug-likeness (QED) is 0.682. The molecular formula is C19H26ClN3O5S. The van der Waals surface area contributed by atoms with Crippen molar-refractivity contribution in [2.75, 3.05) is 45.9 Å². The fourth-order valence-electron chi connectivity index (χ4n) is 3.51. The number of benzene rings is 1. The molecule has 2 amide bonds. The first kappa shape index (κ1) is 22.0. The minimum Gasteiger partial charge on any atom is -0.375 e. The Kier molecular flexibility index (Phi) is 7.15. The van der Waals surface area contributed by atoms with Crippen molar-refractivity contribution < 1.29 is 22.7 Å².